The number of aryl methyl sites for hydroxylation is 2. The van der Waals surface area contributed by atoms with Gasteiger partial charge in [-0.05, 0) is 20.8 Å². The lowest BCUT2D eigenvalue weighted by atomic mass is 10.2. The van der Waals surface area contributed by atoms with Crippen LogP contribution < -0.4 is 5.32 Å². The molecule has 0 saturated heterocycles. The van der Waals surface area contributed by atoms with Crippen molar-refractivity contribution < 1.29 is 14.7 Å². The molecule has 1 atom stereocenters. The Bertz CT molecular complexity index is 446. The molecule has 1 aromatic rings. The molecule has 0 aromatic carbocycles. The zero-order valence-corrected chi connectivity index (χ0v) is 10.0. The quantitative estimate of drug-likeness (QED) is 0.803. The molecule has 0 radical (unpaired) electrons. The number of carbonyl (C=O) groups excluding carboxylic acids is 1. The maximum absolute atomic E-state index is 11.8. The van der Waals surface area contributed by atoms with Gasteiger partial charge in [0.15, 0.2) is 0 Å². The van der Waals surface area contributed by atoms with E-state index < -0.39 is 12.0 Å². The van der Waals surface area contributed by atoms with Gasteiger partial charge in [-0.25, -0.2) is 9.97 Å². The number of amides is 1. The molecule has 1 unspecified atom stereocenters. The van der Waals surface area contributed by atoms with E-state index in [1.54, 1.807) is 20.8 Å². The normalized spacial score (nSPS) is 11.9. The number of rotatable bonds is 4. The summed E-state index contributed by atoms with van der Waals surface area (Å²) in [6, 6.07) is -0.430. The number of carboxylic acids is 1. The van der Waals surface area contributed by atoms with Crippen LogP contribution in [0.25, 0.3) is 0 Å². The summed E-state index contributed by atoms with van der Waals surface area (Å²) in [7, 11) is 0. The van der Waals surface area contributed by atoms with Gasteiger partial charge in [0, 0.05) is 12.2 Å². The van der Waals surface area contributed by atoms with Crippen molar-refractivity contribution in [2.45, 2.75) is 33.2 Å². The van der Waals surface area contributed by atoms with E-state index in [1.165, 1.54) is 6.20 Å². The fraction of sp³-hybridized carbons (Fsp3) is 0.455. The maximum Gasteiger partial charge on any atom is 0.305 e. The first-order valence-electron chi connectivity index (χ1n) is 5.23. The SMILES string of the molecule is Cc1ncc(C(=O)NC(C)CC(=O)O)c(C)n1. The summed E-state index contributed by atoms with van der Waals surface area (Å²) in [6.45, 7) is 5.09. The van der Waals surface area contributed by atoms with E-state index in [2.05, 4.69) is 15.3 Å². The Morgan fingerprint density at radius 1 is 1.47 bits per heavy atom. The maximum atomic E-state index is 11.8. The number of nitrogens with zero attached hydrogens (tertiary/aromatic N) is 2. The van der Waals surface area contributed by atoms with Crippen molar-refractivity contribution >= 4 is 11.9 Å². The van der Waals surface area contributed by atoms with Crippen LogP contribution in [0, 0.1) is 13.8 Å². The number of hydrogen-bond acceptors (Lipinski definition) is 4. The Labute approximate surface area is 99.1 Å². The Kier molecular flexibility index (Phi) is 4.14. The fourth-order valence-corrected chi connectivity index (χ4v) is 1.42. The molecule has 1 aromatic heterocycles. The van der Waals surface area contributed by atoms with Crippen LogP contribution >= 0.6 is 0 Å². The van der Waals surface area contributed by atoms with Crippen LogP contribution in [0.5, 0.6) is 0 Å². The van der Waals surface area contributed by atoms with Crippen molar-refractivity contribution in [1.82, 2.24) is 15.3 Å². The zero-order chi connectivity index (χ0) is 13.0. The van der Waals surface area contributed by atoms with Crippen molar-refractivity contribution in [1.29, 1.82) is 0 Å². The minimum atomic E-state index is -0.949. The number of aromatic nitrogens is 2. The molecular formula is C11H15N3O3. The summed E-state index contributed by atoms with van der Waals surface area (Å²) in [5.41, 5.74) is 0.949. The molecule has 0 saturated carbocycles. The van der Waals surface area contributed by atoms with Crippen LogP contribution in [0.15, 0.2) is 6.20 Å². The molecule has 0 aliphatic carbocycles. The van der Waals surface area contributed by atoms with Crippen LogP contribution in [0.1, 0.15) is 35.2 Å². The Morgan fingerprint density at radius 3 is 2.65 bits per heavy atom. The number of carboxylic acid groups (broad SMARTS) is 1. The monoisotopic (exact) mass is 237 g/mol. The lowest BCUT2D eigenvalue weighted by molar-refractivity contribution is -0.137. The zero-order valence-electron chi connectivity index (χ0n) is 10.0. The number of carbonyl (C=O) groups is 2. The molecule has 1 amide bonds. The van der Waals surface area contributed by atoms with Crippen LogP contribution in [0.3, 0.4) is 0 Å². The largest absolute Gasteiger partial charge is 0.481 e. The molecule has 1 heterocycles. The molecule has 0 bridgehead atoms. The first-order chi connectivity index (χ1) is 7.90. The molecule has 0 fully saturated rings. The number of nitrogens with one attached hydrogen (secondary N) is 1. The van der Waals surface area contributed by atoms with Crippen LogP contribution in [0.2, 0.25) is 0 Å². The van der Waals surface area contributed by atoms with Crippen molar-refractivity contribution in [3.05, 3.63) is 23.3 Å². The van der Waals surface area contributed by atoms with Gasteiger partial charge in [-0.2, -0.15) is 0 Å². The van der Waals surface area contributed by atoms with Crippen LogP contribution in [0.4, 0.5) is 0 Å². The molecule has 6 heteroatoms. The highest BCUT2D eigenvalue weighted by Gasteiger charge is 2.15. The average Bonchev–Trinajstić information content (AvgIpc) is 2.15. The predicted molar refractivity (Wildman–Crippen MR) is 60.7 cm³/mol. The standard InChI is InChI=1S/C11H15N3O3/c1-6(4-10(15)16)13-11(17)9-5-12-8(3)14-7(9)2/h5-6H,4H2,1-3H3,(H,13,17)(H,15,16). The van der Waals surface area contributed by atoms with Crippen molar-refractivity contribution in [3.63, 3.8) is 0 Å². The van der Waals surface area contributed by atoms with Gasteiger partial charge >= 0.3 is 5.97 Å². The molecule has 2 N–H and O–H groups in total. The Hall–Kier alpha value is -1.98. The molecule has 6 nitrogen and oxygen atoms in total. The summed E-state index contributed by atoms with van der Waals surface area (Å²) in [6.07, 6.45) is 1.33. The summed E-state index contributed by atoms with van der Waals surface area (Å²) in [5, 5.41) is 11.2. The summed E-state index contributed by atoms with van der Waals surface area (Å²) in [4.78, 5) is 30.3. The molecule has 0 aliphatic rings. The second-order valence-corrected chi connectivity index (χ2v) is 3.89. The third-order valence-corrected chi connectivity index (χ3v) is 2.20. The average molecular weight is 237 g/mol. The molecule has 0 spiro atoms. The third-order valence-electron chi connectivity index (χ3n) is 2.20. The Balaban J connectivity index is 2.73. The lowest BCUT2D eigenvalue weighted by Gasteiger charge is -2.12. The molecule has 17 heavy (non-hydrogen) atoms. The van der Waals surface area contributed by atoms with Gasteiger partial charge in [0.1, 0.15) is 5.82 Å². The second kappa shape index (κ2) is 5.38. The van der Waals surface area contributed by atoms with Crippen LogP contribution in [-0.4, -0.2) is 33.0 Å². The molecule has 92 valence electrons. The first kappa shape index (κ1) is 13.1. The molecule has 1 rings (SSSR count). The fourth-order valence-electron chi connectivity index (χ4n) is 1.42. The summed E-state index contributed by atoms with van der Waals surface area (Å²) in [5.74, 6) is -0.705. The summed E-state index contributed by atoms with van der Waals surface area (Å²) < 4.78 is 0. The number of hydrogen-bond donors (Lipinski definition) is 2. The topological polar surface area (TPSA) is 92.2 Å². The Morgan fingerprint density at radius 2 is 2.12 bits per heavy atom. The van der Waals surface area contributed by atoms with Gasteiger partial charge in [0.2, 0.25) is 0 Å². The highest BCUT2D eigenvalue weighted by atomic mass is 16.4. The van der Waals surface area contributed by atoms with Gasteiger partial charge in [0.25, 0.3) is 5.91 Å². The first-order valence-corrected chi connectivity index (χ1v) is 5.23. The van der Waals surface area contributed by atoms with E-state index in [-0.39, 0.29) is 12.3 Å². The van der Waals surface area contributed by atoms with Gasteiger partial charge in [-0.3, -0.25) is 9.59 Å². The van der Waals surface area contributed by atoms with E-state index in [0.29, 0.717) is 17.1 Å². The smallest absolute Gasteiger partial charge is 0.305 e. The van der Waals surface area contributed by atoms with Gasteiger partial charge in [0.05, 0.1) is 17.7 Å². The van der Waals surface area contributed by atoms with Crippen molar-refractivity contribution in [2.24, 2.45) is 0 Å². The van der Waals surface area contributed by atoms with E-state index >= 15 is 0 Å². The van der Waals surface area contributed by atoms with Crippen molar-refractivity contribution in [3.8, 4) is 0 Å². The minimum Gasteiger partial charge on any atom is -0.481 e. The van der Waals surface area contributed by atoms with E-state index in [0.717, 1.165) is 0 Å². The highest BCUT2D eigenvalue weighted by molar-refractivity contribution is 5.95. The third kappa shape index (κ3) is 3.82. The van der Waals surface area contributed by atoms with Gasteiger partial charge in [-0.15, -0.1) is 0 Å². The van der Waals surface area contributed by atoms with Gasteiger partial charge < -0.3 is 10.4 Å². The molecule has 0 aliphatic heterocycles. The van der Waals surface area contributed by atoms with Crippen LogP contribution in [-0.2, 0) is 4.79 Å². The van der Waals surface area contributed by atoms with E-state index in [4.69, 9.17) is 5.11 Å². The summed E-state index contributed by atoms with van der Waals surface area (Å²) >= 11 is 0. The molecular weight excluding hydrogens is 222 g/mol. The number of aliphatic carboxylic acids is 1. The highest BCUT2D eigenvalue weighted by Crippen LogP contribution is 2.04. The minimum absolute atomic E-state index is 0.114. The predicted octanol–water partition coefficient (Wildman–Crippen LogP) is 0.686. The van der Waals surface area contributed by atoms with E-state index in [1.807, 2.05) is 0 Å². The van der Waals surface area contributed by atoms with E-state index in [9.17, 15) is 9.59 Å². The van der Waals surface area contributed by atoms with Crippen molar-refractivity contribution in [2.75, 3.05) is 0 Å². The second-order valence-electron chi connectivity index (χ2n) is 3.89. The van der Waals surface area contributed by atoms with Gasteiger partial charge in [-0.1, -0.05) is 0 Å². The lowest BCUT2D eigenvalue weighted by Crippen LogP contribution is -2.34.